The average Bonchev–Trinajstić information content (AvgIpc) is 2.96. The van der Waals surface area contributed by atoms with Crippen molar-refractivity contribution in [2.75, 3.05) is 32.9 Å². The van der Waals surface area contributed by atoms with Gasteiger partial charge in [-0.15, -0.1) is 0 Å². The Kier molecular flexibility index (Phi) is 5.06. The van der Waals surface area contributed by atoms with Gasteiger partial charge in [0.25, 0.3) is 0 Å². The first-order valence-electron chi connectivity index (χ1n) is 9.01. The summed E-state index contributed by atoms with van der Waals surface area (Å²) in [6, 6.07) is 16.5. The molecule has 0 radical (unpaired) electrons. The first-order valence-corrected chi connectivity index (χ1v) is 9.42. The molecule has 1 aromatic heterocycles. The Balaban J connectivity index is 1.77. The van der Waals surface area contributed by atoms with Crippen LogP contribution in [0.2, 0.25) is 0 Å². The summed E-state index contributed by atoms with van der Waals surface area (Å²) in [4.78, 5) is 2.38. The summed E-state index contributed by atoms with van der Waals surface area (Å²) in [5.74, 6) is 0.875. The molecule has 0 spiro atoms. The number of rotatable bonds is 5. The van der Waals surface area contributed by atoms with Crippen LogP contribution in [0.3, 0.4) is 0 Å². The largest absolute Gasteiger partial charge is 0.494 e. The molecule has 2 aromatic carbocycles. The van der Waals surface area contributed by atoms with Crippen LogP contribution < -0.4 is 4.74 Å². The van der Waals surface area contributed by atoms with Crippen LogP contribution in [0.4, 0.5) is 0 Å². The molecule has 2 heterocycles. The van der Waals surface area contributed by atoms with Crippen LogP contribution in [-0.4, -0.2) is 46.9 Å². The van der Waals surface area contributed by atoms with E-state index in [9.17, 15) is 0 Å². The lowest BCUT2D eigenvalue weighted by atomic mass is 10.2. The second-order valence-electron chi connectivity index (χ2n) is 6.33. The van der Waals surface area contributed by atoms with Gasteiger partial charge in [0, 0.05) is 18.8 Å². The zero-order chi connectivity index (χ0) is 17.9. The monoisotopic (exact) mass is 369 g/mol. The molecule has 1 fully saturated rings. The number of benzene rings is 2. The van der Waals surface area contributed by atoms with Crippen LogP contribution in [0.5, 0.6) is 5.75 Å². The third kappa shape index (κ3) is 3.28. The number of ether oxygens (including phenoxy) is 2. The average molecular weight is 369 g/mol. The highest BCUT2D eigenvalue weighted by atomic mass is 32.1. The molecule has 0 N–H and O–H groups in total. The Morgan fingerprint density at radius 1 is 1.00 bits per heavy atom. The highest BCUT2D eigenvalue weighted by Crippen LogP contribution is 2.24. The Morgan fingerprint density at radius 2 is 1.69 bits per heavy atom. The molecule has 26 heavy (non-hydrogen) atoms. The number of hydrogen-bond acceptors (Lipinski definition) is 4. The molecule has 1 saturated heterocycles. The van der Waals surface area contributed by atoms with E-state index in [4.69, 9.17) is 21.7 Å². The van der Waals surface area contributed by atoms with Crippen LogP contribution in [0.15, 0.2) is 48.5 Å². The molecule has 0 saturated carbocycles. The topological polar surface area (TPSA) is 31.6 Å². The quantitative estimate of drug-likeness (QED) is 0.640. The first kappa shape index (κ1) is 17.3. The van der Waals surface area contributed by atoms with E-state index in [0.717, 1.165) is 60.2 Å². The molecule has 136 valence electrons. The smallest absolute Gasteiger partial charge is 0.186 e. The van der Waals surface area contributed by atoms with Crippen molar-refractivity contribution in [2.45, 2.75) is 13.6 Å². The Bertz CT molecular complexity index is 940. The van der Waals surface area contributed by atoms with Crippen LogP contribution in [0, 0.1) is 4.77 Å². The van der Waals surface area contributed by atoms with Crippen molar-refractivity contribution in [3.05, 3.63) is 53.3 Å². The molecule has 6 heteroatoms. The van der Waals surface area contributed by atoms with Crippen LogP contribution in [0.1, 0.15) is 6.92 Å². The Hall–Kier alpha value is -2.15. The predicted molar refractivity (Wildman–Crippen MR) is 106 cm³/mol. The fourth-order valence-electron chi connectivity index (χ4n) is 3.40. The van der Waals surface area contributed by atoms with Gasteiger partial charge in [0.15, 0.2) is 4.77 Å². The van der Waals surface area contributed by atoms with Gasteiger partial charge in [-0.3, -0.25) is 9.47 Å². The van der Waals surface area contributed by atoms with Gasteiger partial charge < -0.3 is 14.0 Å². The number of hydrogen-bond donors (Lipinski definition) is 0. The molecule has 0 amide bonds. The molecule has 3 aromatic rings. The van der Waals surface area contributed by atoms with Gasteiger partial charge in [0.2, 0.25) is 0 Å². The van der Waals surface area contributed by atoms with E-state index < -0.39 is 0 Å². The second-order valence-corrected chi connectivity index (χ2v) is 6.70. The number of morpholine rings is 1. The molecule has 0 bridgehead atoms. The van der Waals surface area contributed by atoms with Crippen molar-refractivity contribution < 1.29 is 9.47 Å². The van der Waals surface area contributed by atoms with Crippen molar-refractivity contribution in [2.24, 2.45) is 0 Å². The summed E-state index contributed by atoms with van der Waals surface area (Å²) in [6.07, 6.45) is 0. The zero-order valence-electron chi connectivity index (χ0n) is 14.9. The van der Waals surface area contributed by atoms with Crippen molar-refractivity contribution in [1.82, 2.24) is 14.0 Å². The number of para-hydroxylation sites is 2. The fraction of sp³-hybridized carbons (Fsp3) is 0.350. The van der Waals surface area contributed by atoms with Crippen molar-refractivity contribution in [3.63, 3.8) is 0 Å². The lowest BCUT2D eigenvalue weighted by molar-refractivity contribution is 0.0238. The molecule has 1 aliphatic rings. The number of nitrogens with zero attached hydrogens (tertiary/aromatic N) is 3. The number of imidazole rings is 1. The molecular formula is C20H23N3O2S. The summed E-state index contributed by atoms with van der Waals surface area (Å²) in [5.41, 5.74) is 3.32. The Morgan fingerprint density at radius 3 is 2.38 bits per heavy atom. The second kappa shape index (κ2) is 7.61. The van der Waals surface area contributed by atoms with Crippen molar-refractivity contribution >= 4 is 23.3 Å². The summed E-state index contributed by atoms with van der Waals surface area (Å²) in [6.45, 7) is 6.87. The van der Waals surface area contributed by atoms with Gasteiger partial charge in [0.1, 0.15) is 5.75 Å². The van der Waals surface area contributed by atoms with Gasteiger partial charge in [-0.1, -0.05) is 12.1 Å². The minimum atomic E-state index is 0.664. The first-order chi connectivity index (χ1) is 12.8. The minimum Gasteiger partial charge on any atom is -0.494 e. The third-order valence-corrected chi connectivity index (χ3v) is 5.09. The lowest BCUT2D eigenvalue weighted by Crippen LogP contribution is -2.37. The third-order valence-electron chi connectivity index (χ3n) is 4.69. The maximum Gasteiger partial charge on any atom is 0.186 e. The van der Waals surface area contributed by atoms with Crippen molar-refractivity contribution in [3.8, 4) is 11.4 Å². The standard InChI is InChI=1S/C20H23N3O2S/c1-2-25-17-9-7-16(8-10-17)23-19-6-4-3-5-18(19)22(20(23)26)15-21-11-13-24-14-12-21/h3-10H,2,11-15H2,1H3. The van der Waals surface area contributed by atoms with Gasteiger partial charge in [0.05, 0.1) is 37.5 Å². The maximum atomic E-state index is 5.86. The molecule has 0 atom stereocenters. The number of aromatic nitrogens is 2. The molecule has 0 aliphatic carbocycles. The molecule has 4 rings (SSSR count). The molecule has 1 aliphatic heterocycles. The predicted octanol–water partition coefficient (Wildman–Crippen LogP) is 3.85. The highest BCUT2D eigenvalue weighted by molar-refractivity contribution is 7.71. The highest BCUT2D eigenvalue weighted by Gasteiger charge is 2.16. The van der Waals surface area contributed by atoms with E-state index in [0.29, 0.717) is 6.61 Å². The molecule has 5 nitrogen and oxygen atoms in total. The summed E-state index contributed by atoms with van der Waals surface area (Å²) in [7, 11) is 0. The SMILES string of the molecule is CCOc1ccc(-n2c(=S)n(CN3CCOCC3)c3ccccc32)cc1. The van der Waals surface area contributed by atoms with Crippen molar-refractivity contribution in [1.29, 1.82) is 0 Å². The lowest BCUT2D eigenvalue weighted by Gasteiger charge is -2.27. The maximum absolute atomic E-state index is 5.86. The van der Waals surface area contributed by atoms with E-state index in [1.807, 2.05) is 19.1 Å². The van der Waals surface area contributed by atoms with E-state index >= 15 is 0 Å². The van der Waals surface area contributed by atoms with Gasteiger partial charge >= 0.3 is 0 Å². The van der Waals surface area contributed by atoms with Gasteiger partial charge in [-0.25, -0.2) is 0 Å². The zero-order valence-corrected chi connectivity index (χ0v) is 15.7. The van der Waals surface area contributed by atoms with Crippen LogP contribution >= 0.6 is 12.2 Å². The van der Waals surface area contributed by atoms with E-state index in [-0.39, 0.29) is 0 Å². The van der Waals surface area contributed by atoms with Crippen LogP contribution in [0.25, 0.3) is 16.7 Å². The normalized spacial score (nSPS) is 15.4. The van der Waals surface area contributed by atoms with E-state index in [1.54, 1.807) is 0 Å². The summed E-state index contributed by atoms with van der Waals surface area (Å²) in [5, 5.41) is 0. The molecule has 0 unspecified atom stereocenters. The summed E-state index contributed by atoms with van der Waals surface area (Å²) >= 11 is 5.86. The minimum absolute atomic E-state index is 0.664. The number of fused-ring (bicyclic) bond motifs is 1. The van der Waals surface area contributed by atoms with Crippen LogP contribution in [-0.2, 0) is 11.4 Å². The van der Waals surface area contributed by atoms with E-state index in [2.05, 4.69) is 50.4 Å². The van der Waals surface area contributed by atoms with E-state index in [1.165, 1.54) is 0 Å². The van der Waals surface area contributed by atoms with Gasteiger partial charge in [-0.05, 0) is 55.5 Å². The van der Waals surface area contributed by atoms with Gasteiger partial charge in [-0.2, -0.15) is 0 Å². The fourth-order valence-corrected chi connectivity index (χ4v) is 3.76. The Labute approximate surface area is 158 Å². The summed E-state index contributed by atoms with van der Waals surface area (Å²) < 4.78 is 16.2. The molecular weight excluding hydrogens is 346 g/mol.